The lowest BCUT2D eigenvalue weighted by Gasteiger charge is -2.44. The highest BCUT2D eigenvalue weighted by Gasteiger charge is 2.42. The van der Waals surface area contributed by atoms with E-state index in [0.717, 1.165) is 0 Å². The molecule has 3 nitrogen and oxygen atoms in total. The Balaban J connectivity index is 2.89. The minimum absolute atomic E-state index is 0.0627. The third-order valence-corrected chi connectivity index (χ3v) is 5.53. The average Bonchev–Trinajstić information content (AvgIpc) is 1.92. The summed E-state index contributed by atoms with van der Waals surface area (Å²) in [5.74, 6) is 0.289. The van der Waals surface area contributed by atoms with E-state index in [9.17, 15) is 8.42 Å². The Labute approximate surface area is 87.4 Å². The van der Waals surface area contributed by atoms with Crippen molar-refractivity contribution in [3.8, 4) is 0 Å². The Hall–Kier alpha value is -0.0900. The molecule has 1 aliphatic heterocycles. The van der Waals surface area contributed by atoms with Crippen molar-refractivity contribution < 1.29 is 8.42 Å². The first-order valence-corrected chi connectivity index (χ1v) is 6.69. The summed E-state index contributed by atoms with van der Waals surface area (Å²) in [7, 11) is -2.90. The fraction of sp³-hybridized carbons (Fsp3) is 1.00. The van der Waals surface area contributed by atoms with Crippen LogP contribution in [0, 0.1) is 0 Å². The standard InChI is InChI=1S/C10H21NO2S/c1-9(2,3)11-6-7-14(12,13)10(4,5)8-11/h6-8H2,1-5H3. The van der Waals surface area contributed by atoms with Crippen LogP contribution in [0.1, 0.15) is 34.6 Å². The molecule has 1 rings (SSSR count). The molecule has 0 N–H and O–H groups in total. The monoisotopic (exact) mass is 219 g/mol. The summed E-state index contributed by atoms with van der Waals surface area (Å²) in [6.07, 6.45) is 0. The largest absolute Gasteiger partial charge is 0.296 e. The van der Waals surface area contributed by atoms with Gasteiger partial charge in [0.25, 0.3) is 0 Å². The highest BCUT2D eigenvalue weighted by atomic mass is 32.2. The van der Waals surface area contributed by atoms with Gasteiger partial charge in [0.2, 0.25) is 0 Å². The maximum absolute atomic E-state index is 11.7. The predicted octanol–water partition coefficient (Wildman–Crippen LogP) is 1.29. The van der Waals surface area contributed by atoms with Crippen LogP contribution in [-0.4, -0.2) is 42.4 Å². The van der Waals surface area contributed by atoms with Crippen LogP contribution < -0.4 is 0 Å². The fourth-order valence-electron chi connectivity index (χ4n) is 1.72. The first-order chi connectivity index (χ1) is 6.06. The molecular weight excluding hydrogens is 198 g/mol. The van der Waals surface area contributed by atoms with Crippen LogP contribution >= 0.6 is 0 Å². The summed E-state index contributed by atoms with van der Waals surface area (Å²) >= 11 is 0. The van der Waals surface area contributed by atoms with Crippen molar-refractivity contribution in [2.24, 2.45) is 0 Å². The van der Waals surface area contributed by atoms with Crippen LogP contribution in [-0.2, 0) is 9.84 Å². The molecule has 1 aliphatic rings. The number of rotatable bonds is 0. The molecule has 0 spiro atoms. The zero-order valence-corrected chi connectivity index (χ0v) is 10.6. The number of hydrogen-bond donors (Lipinski definition) is 0. The molecule has 0 atom stereocenters. The second-order valence-corrected chi connectivity index (χ2v) is 8.41. The molecule has 0 aromatic carbocycles. The van der Waals surface area contributed by atoms with Gasteiger partial charge in [-0.3, -0.25) is 4.90 Å². The van der Waals surface area contributed by atoms with Crippen LogP contribution in [0.15, 0.2) is 0 Å². The minimum atomic E-state index is -2.90. The van der Waals surface area contributed by atoms with Gasteiger partial charge in [0, 0.05) is 18.6 Å². The van der Waals surface area contributed by atoms with Crippen molar-refractivity contribution >= 4 is 9.84 Å². The molecule has 0 aromatic heterocycles. The van der Waals surface area contributed by atoms with E-state index in [2.05, 4.69) is 25.7 Å². The minimum Gasteiger partial charge on any atom is -0.296 e. The van der Waals surface area contributed by atoms with E-state index >= 15 is 0 Å². The Kier molecular flexibility index (Phi) is 2.74. The van der Waals surface area contributed by atoms with Gasteiger partial charge >= 0.3 is 0 Å². The van der Waals surface area contributed by atoms with Gasteiger partial charge in [-0.15, -0.1) is 0 Å². The summed E-state index contributed by atoms with van der Waals surface area (Å²) in [5, 5.41) is 0. The van der Waals surface area contributed by atoms with Crippen molar-refractivity contribution in [2.45, 2.75) is 44.9 Å². The van der Waals surface area contributed by atoms with E-state index in [1.807, 2.05) is 13.8 Å². The maximum atomic E-state index is 11.7. The zero-order valence-electron chi connectivity index (χ0n) is 9.79. The summed E-state index contributed by atoms with van der Waals surface area (Å²) < 4.78 is 22.9. The van der Waals surface area contributed by atoms with Crippen LogP contribution in [0.4, 0.5) is 0 Å². The fourth-order valence-corrected chi connectivity index (χ4v) is 3.08. The molecule has 0 aromatic rings. The maximum Gasteiger partial charge on any atom is 0.157 e. The molecule has 0 aliphatic carbocycles. The van der Waals surface area contributed by atoms with Crippen molar-refractivity contribution in [3.63, 3.8) is 0 Å². The van der Waals surface area contributed by atoms with Crippen LogP contribution in [0.25, 0.3) is 0 Å². The Bertz CT molecular complexity index is 312. The van der Waals surface area contributed by atoms with E-state index < -0.39 is 14.6 Å². The average molecular weight is 219 g/mol. The molecule has 0 radical (unpaired) electrons. The molecule has 0 amide bonds. The van der Waals surface area contributed by atoms with Gasteiger partial charge in [0.05, 0.1) is 10.5 Å². The molecule has 1 heterocycles. The quantitative estimate of drug-likeness (QED) is 0.616. The second-order valence-electron chi connectivity index (χ2n) is 5.67. The van der Waals surface area contributed by atoms with Gasteiger partial charge in [-0.2, -0.15) is 0 Å². The third-order valence-electron chi connectivity index (χ3n) is 2.99. The topological polar surface area (TPSA) is 37.4 Å². The van der Waals surface area contributed by atoms with Gasteiger partial charge in [0.1, 0.15) is 0 Å². The van der Waals surface area contributed by atoms with Crippen LogP contribution in [0.5, 0.6) is 0 Å². The van der Waals surface area contributed by atoms with Gasteiger partial charge < -0.3 is 0 Å². The third kappa shape index (κ3) is 2.11. The van der Waals surface area contributed by atoms with E-state index in [0.29, 0.717) is 13.1 Å². The summed E-state index contributed by atoms with van der Waals surface area (Å²) in [6, 6.07) is 0. The van der Waals surface area contributed by atoms with Crippen LogP contribution in [0.3, 0.4) is 0 Å². The molecule has 1 fully saturated rings. The Morgan fingerprint density at radius 3 is 2.07 bits per heavy atom. The van der Waals surface area contributed by atoms with Crippen molar-refractivity contribution in [1.29, 1.82) is 0 Å². The second kappa shape index (κ2) is 3.20. The van der Waals surface area contributed by atoms with Gasteiger partial charge in [-0.05, 0) is 34.6 Å². The summed E-state index contributed by atoms with van der Waals surface area (Å²) in [4.78, 5) is 2.24. The van der Waals surface area contributed by atoms with Crippen molar-refractivity contribution in [1.82, 2.24) is 4.90 Å². The Morgan fingerprint density at radius 1 is 1.21 bits per heavy atom. The normalized spacial score (nSPS) is 27.5. The summed E-state index contributed by atoms with van der Waals surface area (Å²) in [6.45, 7) is 11.3. The van der Waals surface area contributed by atoms with E-state index in [1.54, 1.807) is 0 Å². The molecule has 0 bridgehead atoms. The lowest BCUT2D eigenvalue weighted by Crippen LogP contribution is -2.58. The number of nitrogens with zero attached hydrogens (tertiary/aromatic N) is 1. The Morgan fingerprint density at radius 2 is 1.71 bits per heavy atom. The number of sulfone groups is 1. The number of hydrogen-bond acceptors (Lipinski definition) is 3. The lowest BCUT2D eigenvalue weighted by atomic mass is 10.0. The molecule has 0 unspecified atom stereocenters. The van der Waals surface area contributed by atoms with Crippen molar-refractivity contribution in [3.05, 3.63) is 0 Å². The highest BCUT2D eigenvalue weighted by Crippen LogP contribution is 2.27. The molecule has 1 saturated heterocycles. The molecule has 4 heteroatoms. The van der Waals surface area contributed by atoms with E-state index in [1.165, 1.54) is 0 Å². The highest BCUT2D eigenvalue weighted by molar-refractivity contribution is 7.92. The molecule has 84 valence electrons. The van der Waals surface area contributed by atoms with Gasteiger partial charge in [-0.25, -0.2) is 8.42 Å². The van der Waals surface area contributed by atoms with Crippen molar-refractivity contribution in [2.75, 3.05) is 18.8 Å². The van der Waals surface area contributed by atoms with Gasteiger partial charge in [-0.1, -0.05) is 0 Å². The smallest absolute Gasteiger partial charge is 0.157 e. The van der Waals surface area contributed by atoms with Gasteiger partial charge in [0.15, 0.2) is 9.84 Å². The predicted molar refractivity (Wildman–Crippen MR) is 59.2 cm³/mol. The molecular formula is C10H21NO2S. The molecule has 14 heavy (non-hydrogen) atoms. The zero-order chi connectivity index (χ0) is 11.2. The SMILES string of the molecule is CC(C)(C)N1CCS(=O)(=O)C(C)(C)C1. The lowest BCUT2D eigenvalue weighted by molar-refractivity contribution is 0.125. The van der Waals surface area contributed by atoms with Crippen LogP contribution in [0.2, 0.25) is 0 Å². The van der Waals surface area contributed by atoms with E-state index in [-0.39, 0.29) is 11.3 Å². The first-order valence-electron chi connectivity index (χ1n) is 5.04. The summed E-state index contributed by atoms with van der Waals surface area (Å²) in [5.41, 5.74) is 0.0627. The first kappa shape index (κ1) is 12.0. The molecule has 0 saturated carbocycles. The van der Waals surface area contributed by atoms with E-state index in [4.69, 9.17) is 0 Å².